The number of benzene rings is 1. The molecule has 0 bridgehead atoms. The van der Waals surface area contributed by atoms with Crippen LogP contribution in [0.25, 0.3) is 0 Å². The minimum absolute atomic E-state index is 0.103. The van der Waals surface area contributed by atoms with E-state index in [1.54, 1.807) is 5.06 Å². The van der Waals surface area contributed by atoms with Gasteiger partial charge in [0.25, 0.3) is 0 Å². The second-order valence-electron chi connectivity index (χ2n) is 6.92. The monoisotopic (exact) mass is 286 g/mol. The highest BCUT2D eigenvalue weighted by molar-refractivity contribution is 5.75. The summed E-state index contributed by atoms with van der Waals surface area (Å²) in [6.07, 6.45) is 1.32. The van der Waals surface area contributed by atoms with E-state index in [4.69, 9.17) is 10.1 Å². The Morgan fingerprint density at radius 3 is 2.48 bits per heavy atom. The molecule has 0 atom stereocenters. The molecular formula is C17H22N2O2. The highest BCUT2D eigenvalue weighted by Gasteiger charge is 2.45. The van der Waals surface area contributed by atoms with Crippen molar-refractivity contribution in [1.29, 1.82) is 5.26 Å². The number of nitriles is 1. The standard InChI is InChI=1S/C17H22N2O2/c1-16(2,3)15(20)21-19-12-17(13-19,9-10-18)11-14-7-5-4-6-8-14/h4-8H,9,11-13H2,1-3H3. The van der Waals surface area contributed by atoms with Crippen LogP contribution in [0.3, 0.4) is 0 Å². The molecular weight excluding hydrogens is 264 g/mol. The van der Waals surface area contributed by atoms with Gasteiger partial charge in [0.1, 0.15) is 0 Å². The lowest BCUT2D eigenvalue weighted by Crippen LogP contribution is -2.58. The molecule has 21 heavy (non-hydrogen) atoms. The minimum atomic E-state index is -0.507. The van der Waals surface area contributed by atoms with E-state index in [-0.39, 0.29) is 11.4 Å². The summed E-state index contributed by atoms with van der Waals surface area (Å²) in [5.41, 5.74) is 0.607. The molecule has 0 unspecified atom stereocenters. The third-order valence-electron chi connectivity index (χ3n) is 3.72. The molecule has 1 aliphatic heterocycles. The van der Waals surface area contributed by atoms with Gasteiger partial charge >= 0.3 is 5.97 Å². The summed E-state index contributed by atoms with van der Waals surface area (Å²) in [5.74, 6) is -0.229. The molecule has 0 spiro atoms. The molecule has 1 fully saturated rings. The van der Waals surface area contributed by atoms with Crippen LogP contribution in [0.2, 0.25) is 0 Å². The van der Waals surface area contributed by atoms with Crippen LogP contribution in [0.15, 0.2) is 30.3 Å². The van der Waals surface area contributed by atoms with Crippen molar-refractivity contribution in [2.45, 2.75) is 33.6 Å². The maximum Gasteiger partial charge on any atom is 0.330 e. The van der Waals surface area contributed by atoms with Crippen LogP contribution in [0.1, 0.15) is 32.8 Å². The maximum absolute atomic E-state index is 11.9. The Morgan fingerprint density at radius 1 is 1.33 bits per heavy atom. The van der Waals surface area contributed by atoms with Gasteiger partial charge in [0.2, 0.25) is 0 Å². The molecule has 0 amide bonds. The minimum Gasteiger partial charge on any atom is -0.367 e. The number of hydrogen-bond acceptors (Lipinski definition) is 4. The van der Waals surface area contributed by atoms with E-state index >= 15 is 0 Å². The number of hydroxylamine groups is 2. The largest absolute Gasteiger partial charge is 0.367 e. The summed E-state index contributed by atoms with van der Waals surface area (Å²) in [7, 11) is 0. The number of rotatable bonds is 4. The van der Waals surface area contributed by atoms with Gasteiger partial charge in [0.15, 0.2) is 0 Å². The van der Waals surface area contributed by atoms with Crippen molar-refractivity contribution < 1.29 is 9.63 Å². The van der Waals surface area contributed by atoms with Crippen LogP contribution in [0.5, 0.6) is 0 Å². The van der Waals surface area contributed by atoms with E-state index in [2.05, 4.69) is 18.2 Å². The van der Waals surface area contributed by atoms with E-state index in [0.717, 1.165) is 6.42 Å². The zero-order valence-electron chi connectivity index (χ0n) is 12.9. The molecule has 2 rings (SSSR count). The maximum atomic E-state index is 11.9. The smallest absolute Gasteiger partial charge is 0.330 e. The lowest BCUT2D eigenvalue weighted by atomic mass is 9.74. The quantitative estimate of drug-likeness (QED) is 0.854. The third-order valence-corrected chi connectivity index (χ3v) is 3.72. The van der Waals surface area contributed by atoms with Crippen LogP contribution in [0.4, 0.5) is 0 Å². The average molecular weight is 286 g/mol. The normalized spacial score (nSPS) is 17.6. The molecule has 1 saturated heterocycles. The van der Waals surface area contributed by atoms with E-state index in [1.165, 1.54) is 5.56 Å². The second-order valence-corrected chi connectivity index (χ2v) is 6.92. The Kier molecular flexibility index (Phi) is 4.34. The Morgan fingerprint density at radius 2 is 1.95 bits per heavy atom. The molecule has 0 radical (unpaired) electrons. The number of hydrogen-bond donors (Lipinski definition) is 0. The van der Waals surface area contributed by atoms with Crippen LogP contribution in [-0.4, -0.2) is 24.1 Å². The first-order valence-electron chi connectivity index (χ1n) is 7.23. The molecule has 4 heteroatoms. The molecule has 1 heterocycles. The summed E-state index contributed by atoms with van der Waals surface area (Å²) in [5, 5.41) is 10.7. The lowest BCUT2D eigenvalue weighted by Gasteiger charge is -2.47. The van der Waals surface area contributed by atoms with Crippen molar-refractivity contribution in [2.75, 3.05) is 13.1 Å². The van der Waals surface area contributed by atoms with Gasteiger partial charge in [-0.1, -0.05) is 30.3 Å². The van der Waals surface area contributed by atoms with Crippen LogP contribution in [-0.2, 0) is 16.1 Å². The molecule has 1 aliphatic rings. The van der Waals surface area contributed by atoms with Crippen molar-refractivity contribution in [3.63, 3.8) is 0 Å². The lowest BCUT2D eigenvalue weighted by molar-refractivity contribution is -0.247. The first-order valence-corrected chi connectivity index (χ1v) is 7.23. The predicted octanol–water partition coefficient (Wildman–Crippen LogP) is 2.95. The van der Waals surface area contributed by atoms with Crippen LogP contribution < -0.4 is 0 Å². The summed E-state index contributed by atoms with van der Waals surface area (Å²) in [4.78, 5) is 17.2. The topological polar surface area (TPSA) is 53.3 Å². The Hall–Kier alpha value is -1.86. The van der Waals surface area contributed by atoms with Gasteiger partial charge in [0, 0.05) is 24.9 Å². The van der Waals surface area contributed by atoms with Gasteiger partial charge in [-0.15, -0.1) is 5.06 Å². The van der Waals surface area contributed by atoms with Crippen LogP contribution in [0, 0.1) is 22.2 Å². The van der Waals surface area contributed by atoms with Crippen molar-refractivity contribution >= 4 is 5.97 Å². The zero-order valence-corrected chi connectivity index (χ0v) is 12.9. The molecule has 1 aromatic carbocycles. The number of nitrogens with zero attached hydrogens (tertiary/aromatic N) is 2. The third kappa shape index (κ3) is 3.83. The van der Waals surface area contributed by atoms with E-state index in [1.807, 2.05) is 39.0 Å². The van der Waals surface area contributed by atoms with E-state index in [9.17, 15) is 4.79 Å². The SMILES string of the molecule is CC(C)(C)C(=O)ON1CC(CC#N)(Cc2ccccc2)C1. The summed E-state index contributed by atoms with van der Waals surface area (Å²) < 4.78 is 0. The summed E-state index contributed by atoms with van der Waals surface area (Å²) in [6, 6.07) is 12.4. The highest BCUT2D eigenvalue weighted by atomic mass is 16.7. The fourth-order valence-corrected chi connectivity index (χ4v) is 2.50. The van der Waals surface area contributed by atoms with Gasteiger partial charge in [-0.05, 0) is 32.8 Å². The van der Waals surface area contributed by atoms with Gasteiger partial charge in [-0.2, -0.15) is 5.26 Å². The molecule has 112 valence electrons. The molecule has 4 nitrogen and oxygen atoms in total. The summed E-state index contributed by atoms with van der Waals surface area (Å²) in [6.45, 7) is 6.75. The molecule has 0 saturated carbocycles. The second kappa shape index (κ2) is 5.87. The fourth-order valence-electron chi connectivity index (χ4n) is 2.50. The molecule has 0 aliphatic carbocycles. The fraction of sp³-hybridized carbons (Fsp3) is 0.529. The Bertz CT molecular complexity index is 534. The molecule has 0 aromatic heterocycles. The van der Waals surface area contributed by atoms with Crippen LogP contribution >= 0.6 is 0 Å². The first-order chi connectivity index (χ1) is 9.85. The Balaban J connectivity index is 1.95. The van der Waals surface area contributed by atoms with Crippen molar-refractivity contribution in [2.24, 2.45) is 10.8 Å². The zero-order chi connectivity index (χ0) is 15.5. The van der Waals surface area contributed by atoms with Crippen molar-refractivity contribution in [3.05, 3.63) is 35.9 Å². The predicted molar refractivity (Wildman–Crippen MR) is 79.9 cm³/mol. The van der Waals surface area contributed by atoms with E-state index < -0.39 is 5.41 Å². The van der Waals surface area contributed by atoms with Crippen molar-refractivity contribution in [3.8, 4) is 6.07 Å². The number of carbonyl (C=O) groups is 1. The molecule has 0 N–H and O–H groups in total. The van der Waals surface area contributed by atoms with Gasteiger partial charge in [-0.3, -0.25) is 0 Å². The highest BCUT2D eigenvalue weighted by Crippen LogP contribution is 2.38. The van der Waals surface area contributed by atoms with Gasteiger partial charge in [-0.25, -0.2) is 4.79 Å². The first kappa shape index (κ1) is 15.5. The van der Waals surface area contributed by atoms with Gasteiger partial charge in [0.05, 0.1) is 11.5 Å². The van der Waals surface area contributed by atoms with Gasteiger partial charge < -0.3 is 4.84 Å². The average Bonchev–Trinajstić information content (AvgIpc) is 2.37. The summed E-state index contributed by atoms with van der Waals surface area (Å²) >= 11 is 0. The number of carbonyl (C=O) groups excluding carboxylic acids is 1. The van der Waals surface area contributed by atoms with E-state index in [0.29, 0.717) is 19.5 Å². The van der Waals surface area contributed by atoms with Crippen molar-refractivity contribution in [1.82, 2.24) is 5.06 Å². The Labute approximate surface area is 126 Å². The molecule has 1 aromatic rings.